The molecule has 3 saturated carbocycles. The molecule has 1 amide bonds. The minimum atomic E-state index is -4.59. The molecule has 1 spiro atoms. The summed E-state index contributed by atoms with van der Waals surface area (Å²) in [5.41, 5.74) is 4.38. The third-order valence-electron chi connectivity index (χ3n) is 14.3. The number of H-pyrrole nitrogens is 1. The van der Waals surface area contributed by atoms with E-state index in [0.29, 0.717) is 47.3 Å². The number of aromatic nitrogens is 3. The summed E-state index contributed by atoms with van der Waals surface area (Å²) in [6, 6.07) is 19.8. The van der Waals surface area contributed by atoms with Crippen molar-refractivity contribution in [1.82, 2.24) is 29.9 Å². The first kappa shape index (κ1) is 41.4. The SMILES string of the molecule is O=C(NS(=O)(=O)c1cnc(NCC2CCCCC2)c([N+](=O)[O-])c1)c1ccc(N2CCC3(CC2)CC(N2CCNC[C@@H]2c2ccccc2C2CC2)C3)cc1Oc1cnc2[nH]ccc2c1. The van der Waals surface area contributed by atoms with Crippen LogP contribution < -0.4 is 25.0 Å². The van der Waals surface area contributed by atoms with Gasteiger partial charge in [-0.15, -0.1) is 0 Å². The molecule has 16 heteroatoms. The molecule has 3 aliphatic carbocycles. The molecule has 5 fully saturated rings. The predicted octanol–water partition coefficient (Wildman–Crippen LogP) is 8.04. The number of pyridine rings is 2. The van der Waals surface area contributed by atoms with E-state index >= 15 is 0 Å². The van der Waals surface area contributed by atoms with Gasteiger partial charge in [0.15, 0.2) is 0 Å². The Hall–Kier alpha value is -5.58. The van der Waals surface area contributed by atoms with Crippen LogP contribution in [-0.2, 0) is 10.0 Å². The molecule has 2 aromatic carbocycles. The van der Waals surface area contributed by atoms with Crippen molar-refractivity contribution in [3.8, 4) is 11.5 Å². The Labute approximate surface area is 367 Å². The summed E-state index contributed by atoms with van der Waals surface area (Å²) in [6.45, 7) is 5.27. The maximum atomic E-state index is 13.9. The predicted molar refractivity (Wildman–Crippen MR) is 241 cm³/mol. The summed E-state index contributed by atoms with van der Waals surface area (Å²) >= 11 is 0. The Kier molecular flexibility index (Phi) is 11.3. The molecule has 330 valence electrons. The summed E-state index contributed by atoms with van der Waals surface area (Å²) in [7, 11) is -4.59. The van der Waals surface area contributed by atoms with Crippen LogP contribution >= 0.6 is 0 Å². The first-order valence-electron chi connectivity index (χ1n) is 22.6. The summed E-state index contributed by atoms with van der Waals surface area (Å²) in [6.07, 6.45) is 16.9. The molecule has 5 heterocycles. The zero-order chi connectivity index (χ0) is 43.1. The number of piperazine rings is 1. The minimum Gasteiger partial charge on any atom is -0.455 e. The number of sulfonamides is 1. The maximum absolute atomic E-state index is 13.9. The molecule has 0 unspecified atom stereocenters. The lowest BCUT2D eigenvalue weighted by Gasteiger charge is -2.57. The van der Waals surface area contributed by atoms with E-state index in [1.54, 1.807) is 36.2 Å². The average molecular weight is 874 g/mol. The number of nitrogens with one attached hydrogen (secondary N) is 4. The number of nitrogens with zero attached hydrogens (tertiary/aromatic N) is 5. The van der Waals surface area contributed by atoms with Crippen molar-refractivity contribution in [2.24, 2.45) is 11.3 Å². The van der Waals surface area contributed by atoms with Gasteiger partial charge in [0.05, 0.1) is 22.9 Å². The number of carbonyl (C=O) groups is 1. The van der Waals surface area contributed by atoms with E-state index in [0.717, 1.165) is 94.6 Å². The van der Waals surface area contributed by atoms with E-state index in [-0.39, 0.29) is 17.1 Å². The number of hydrogen-bond acceptors (Lipinski definition) is 12. The number of aromatic amines is 1. The first-order chi connectivity index (χ1) is 30.6. The highest BCUT2D eigenvalue weighted by atomic mass is 32.2. The topological polar surface area (TPSA) is 188 Å². The molecule has 5 aromatic rings. The van der Waals surface area contributed by atoms with Gasteiger partial charge in [-0.1, -0.05) is 43.5 Å². The second-order valence-electron chi connectivity index (χ2n) is 18.4. The van der Waals surface area contributed by atoms with E-state index in [2.05, 4.69) is 64.4 Å². The number of benzene rings is 2. The van der Waals surface area contributed by atoms with Crippen molar-refractivity contribution >= 4 is 44.2 Å². The van der Waals surface area contributed by atoms with Crippen LogP contribution in [0, 0.1) is 21.4 Å². The van der Waals surface area contributed by atoms with Crippen LogP contribution in [0.2, 0.25) is 0 Å². The quantitative estimate of drug-likeness (QED) is 0.0660. The van der Waals surface area contributed by atoms with Crippen LogP contribution in [0.5, 0.6) is 11.5 Å². The lowest BCUT2D eigenvalue weighted by molar-refractivity contribution is -0.384. The third kappa shape index (κ3) is 8.72. The summed E-state index contributed by atoms with van der Waals surface area (Å²) in [5.74, 6) is 0.659. The van der Waals surface area contributed by atoms with Crippen LogP contribution in [-0.4, -0.2) is 84.4 Å². The molecule has 10 rings (SSSR count). The zero-order valence-corrected chi connectivity index (χ0v) is 36.2. The number of piperidine rings is 1. The molecule has 0 bridgehead atoms. The van der Waals surface area contributed by atoms with Crippen LogP contribution in [0.1, 0.15) is 104 Å². The first-order valence-corrected chi connectivity index (χ1v) is 24.1. The highest BCUT2D eigenvalue weighted by Gasteiger charge is 2.50. The van der Waals surface area contributed by atoms with Gasteiger partial charge in [-0.3, -0.25) is 19.8 Å². The van der Waals surface area contributed by atoms with Gasteiger partial charge in [0.25, 0.3) is 15.9 Å². The van der Waals surface area contributed by atoms with Gasteiger partial charge in [-0.05, 0) is 104 Å². The van der Waals surface area contributed by atoms with Crippen LogP contribution in [0.4, 0.5) is 17.2 Å². The van der Waals surface area contributed by atoms with Gasteiger partial charge in [-0.25, -0.2) is 23.1 Å². The lowest BCUT2D eigenvalue weighted by atomic mass is 9.59. The van der Waals surface area contributed by atoms with Gasteiger partial charge in [-0.2, -0.15) is 0 Å². The normalized spacial score (nSPS) is 21.0. The van der Waals surface area contributed by atoms with Crippen molar-refractivity contribution in [3.63, 3.8) is 0 Å². The second kappa shape index (κ2) is 17.2. The zero-order valence-electron chi connectivity index (χ0n) is 35.4. The fourth-order valence-corrected chi connectivity index (χ4v) is 11.6. The number of anilines is 2. The molecule has 2 saturated heterocycles. The summed E-state index contributed by atoms with van der Waals surface area (Å²) < 4.78 is 35.8. The number of ether oxygens (including phenoxy) is 1. The fraction of sp³-hybridized carbons (Fsp3) is 0.468. The fourth-order valence-electron chi connectivity index (χ4n) is 10.7. The smallest absolute Gasteiger partial charge is 0.312 e. The molecule has 1 atom stereocenters. The Morgan fingerprint density at radius 1 is 0.937 bits per heavy atom. The van der Waals surface area contributed by atoms with Gasteiger partial charge in [0.1, 0.15) is 22.0 Å². The molecule has 0 radical (unpaired) electrons. The molecule has 63 heavy (non-hydrogen) atoms. The van der Waals surface area contributed by atoms with Gasteiger partial charge in [0.2, 0.25) is 5.82 Å². The van der Waals surface area contributed by atoms with E-state index in [9.17, 15) is 23.3 Å². The largest absolute Gasteiger partial charge is 0.455 e. The van der Waals surface area contributed by atoms with E-state index in [4.69, 9.17) is 4.74 Å². The third-order valence-corrected chi connectivity index (χ3v) is 15.6. The standard InChI is InChI=1S/C47H55N9O6S/c57-46(53-63(60,61)37-24-41(56(58)59)45(52-29-37)50-27-31-6-2-1-3-7-31)40-13-12-34(23-43(40)62-36-22-33-14-17-49-44(33)51-28-36)54-19-15-47(16-20-54)25-35(26-47)55-21-18-48-30-42(55)39-9-5-4-8-38(39)32-10-11-32/h4-5,8-9,12-14,17,22-24,28-29,31-32,35,42,48H,1-3,6-7,10-11,15-16,18-21,25-27,30H2,(H,49,51)(H,50,52)(H,53,57)/t42-/m1/s1. The molecule has 4 N–H and O–H groups in total. The number of amides is 1. The molecular weight excluding hydrogens is 819 g/mol. The van der Waals surface area contributed by atoms with E-state index in [1.165, 1.54) is 37.7 Å². The Morgan fingerprint density at radius 3 is 2.51 bits per heavy atom. The highest BCUT2D eigenvalue weighted by Crippen LogP contribution is 2.53. The van der Waals surface area contributed by atoms with Crippen LogP contribution in [0.3, 0.4) is 0 Å². The number of rotatable bonds is 13. The van der Waals surface area contributed by atoms with Crippen LogP contribution in [0.25, 0.3) is 11.0 Å². The molecule has 5 aliphatic rings. The summed E-state index contributed by atoms with van der Waals surface area (Å²) in [4.78, 5) is 41.6. The molecular formula is C47H55N9O6S. The van der Waals surface area contributed by atoms with E-state index in [1.807, 2.05) is 12.1 Å². The Morgan fingerprint density at radius 2 is 1.73 bits per heavy atom. The minimum absolute atomic E-state index is 0.00521. The number of carbonyl (C=O) groups excluding carboxylic acids is 1. The van der Waals surface area contributed by atoms with Crippen molar-refractivity contribution in [3.05, 3.63) is 106 Å². The van der Waals surface area contributed by atoms with Gasteiger partial charge < -0.3 is 25.3 Å². The molecule has 15 nitrogen and oxygen atoms in total. The Balaban J connectivity index is 0.843. The average Bonchev–Trinajstić information content (AvgIpc) is 4.04. The molecule has 3 aromatic heterocycles. The summed E-state index contributed by atoms with van der Waals surface area (Å²) in [5, 5.41) is 19.6. The van der Waals surface area contributed by atoms with Crippen molar-refractivity contribution in [2.75, 3.05) is 49.5 Å². The van der Waals surface area contributed by atoms with Crippen LogP contribution in [0.15, 0.2) is 84.1 Å². The highest BCUT2D eigenvalue weighted by molar-refractivity contribution is 7.90. The van der Waals surface area contributed by atoms with Crippen molar-refractivity contribution in [1.29, 1.82) is 0 Å². The number of hydrogen-bond donors (Lipinski definition) is 4. The van der Waals surface area contributed by atoms with E-state index < -0.39 is 31.4 Å². The number of fused-ring (bicyclic) bond motifs is 1. The van der Waals surface area contributed by atoms with Gasteiger partial charge in [0, 0.05) is 80.8 Å². The van der Waals surface area contributed by atoms with Gasteiger partial charge >= 0.3 is 5.69 Å². The second-order valence-corrected chi connectivity index (χ2v) is 20.1. The lowest BCUT2D eigenvalue weighted by Crippen LogP contribution is -2.59. The molecule has 2 aliphatic heterocycles. The van der Waals surface area contributed by atoms with Crippen molar-refractivity contribution < 1.29 is 22.9 Å². The maximum Gasteiger partial charge on any atom is 0.312 e. The monoisotopic (exact) mass is 873 g/mol. The van der Waals surface area contributed by atoms with Crippen molar-refractivity contribution in [2.45, 2.75) is 93.5 Å². The number of nitro groups is 1. The Bertz CT molecular complexity index is 2610.